The van der Waals surface area contributed by atoms with E-state index < -0.39 is 96.1 Å². The van der Waals surface area contributed by atoms with Gasteiger partial charge in [-0.15, -0.1) is 0 Å². The third kappa shape index (κ3) is 10.5. The Labute approximate surface area is 374 Å². The van der Waals surface area contributed by atoms with Crippen LogP contribution in [0, 0.1) is 36.5 Å². The number of aliphatic hydroxyl groups is 3. The Morgan fingerprint density at radius 1 is 0.953 bits per heavy atom. The predicted octanol–water partition coefficient (Wildman–Crippen LogP) is 4.81. The second kappa shape index (κ2) is 20.7. The first kappa shape index (κ1) is 49.8. The number of anilines is 1. The van der Waals surface area contributed by atoms with Crippen molar-refractivity contribution in [2.75, 3.05) is 32.1 Å². The van der Waals surface area contributed by atoms with Crippen LogP contribution >= 0.6 is 0 Å². The fourth-order valence-corrected chi connectivity index (χ4v) is 8.66. The molecular weight excluding hydrogens is 829 g/mol. The Bertz CT molecular complexity index is 2280. The average Bonchev–Trinajstić information content (AvgIpc) is 3.62. The van der Waals surface area contributed by atoms with Gasteiger partial charge in [0.15, 0.2) is 11.4 Å². The summed E-state index contributed by atoms with van der Waals surface area (Å²) < 4.78 is 29.2. The topological polar surface area (TPSA) is 238 Å². The number of amides is 2. The fourth-order valence-electron chi connectivity index (χ4n) is 8.66. The Balaban J connectivity index is 1.67. The number of phenolic OH excluding ortho intramolecular Hbond substituents is 2. The number of hydrogen-bond acceptors (Lipinski definition) is 15. The molecule has 2 aromatic carbocycles. The second-order valence-corrected chi connectivity index (χ2v) is 17.8. The lowest BCUT2D eigenvalue weighted by molar-refractivity contribution is -0.160. The summed E-state index contributed by atoms with van der Waals surface area (Å²) in [6.07, 6.45) is 3.16. The Hall–Kier alpha value is -5.23. The molecule has 64 heavy (non-hydrogen) atoms. The number of fused-ring (bicyclic) bond motifs is 16. The van der Waals surface area contributed by atoms with E-state index in [0.717, 1.165) is 0 Å². The minimum Gasteiger partial charge on any atom is -0.507 e. The van der Waals surface area contributed by atoms with Gasteiger partial charge in [-0.3, -0.25) is 19.6 Å². The van der Waals surface area contributed by atoms with Crippen LogP contribution in [0.1, 0.15) is 86.3 Å². The number of methoxy groups -OCH3 is 1. The molecule has 1 fully saturated rings. The number of carbonyl (C=O) groups is 3. The van der Waals surface area contributed by atoms with E-state index >= 15 is 0 Å². The molecule has 4 heterocycles. The van der Waals surface area contributed by atoms with E-state index in [1.54, 1.807) is 71.6 Å². The summed E-state index contributed by atoms with van der Waals surface area (Å²) in [5, 5.41) is 61.1. The molecule has 4 aliphatic heterocycles. The molecule has 0 aliphatic carbocycles. The van der Waals surface area contributed by atoms with E-state index in [1.165, 1.54) is 26.4 Å². The van der Waals surface area contributed by atoms with Crippen LogP contribution in [0.2, 0.25) is 0 Å². The number of benzene rings is 2. The highest BCUT2D eigenvalue weighted by molar-refractivity contribution is 6.08. The standard InChI is InChI=1S/C47H66N4O13/c1-23(2)22-62-46(59)51-18-16-47(17-19-51)49-36-34-32(21-52)44-29(8)41(56)35(34)42(57)38(37(36)50-47)48-45(58)25(4)14-12-13-24(3)39(54)27(6)40(55)28(7)43(63-30(9)53)26(5)33(60-11)15-20-61-31(10)64-44/h12-15,20,23-24,26-28,31,33,39-40,43,52,54-57H,16-19,21-22H2,1-11H3,(H,48,58)/b13-12+,20-15+,25-14-/t24-,26+,27+,28+,31+,33-,39-,40+,43+/m0/s1. The molecule has 1 spiro atoms. The first-order valence-electron chi connectivity index (χ1n) is 21.9. The third-order valence-corrected chi connectivity index (χ3v) is 12.6. The van der Waals surface area contributed by atoms with Gasteiger partial charge in [0.05, 0.1) is 48.5 Å². The lowest BCUT2D eigenvalue weighted by Crippen LogP contribution is -2.46. The largest absolute Gasteiger partial charge is 0.507 e. The number of carbonyl (C=O) groups excluding carboxylic acids is 3. The zero-order chi connectivity index (χ0) is 47.4. The molecule has 4 aliphatic rings. The number of nitrogens with zero attached hydrogens (tertiary/aromatic N) is 3. The summed E-state index contributed by atoms with van der Waals surface area (Å²) in [5.41, 5.74) is -0.717. The van der Waals surface area contributed by atoms with Crippen molar-refractivity contribution in [2.24, 2.45) is 39.6 Å². The van der Waals surface area contributed by atoms with Gasteiger partial charge in [-0.1, -0.05) is 59.8 Å². The van der Waals surface area contributed by atoms with Crippen molar-refractivity contribution in [1.82, 2.24) is 4.90 Å². The summed E-state index contributed by atoms with van der Waals surface area (Å²) in [4.78, 5) is 50.9. The number of piperidine rings is 1. The maximum atomic E-state index is 13.9. The molecule has 0 radical (unpaired) electrons. The van der Waals surface area contributed by atoms with Gasteiger partial charge in [-0.2, -0.15) is 0 Å². The zero-order valence-corrected chi connectivity index (χ0v) is 38.7. The highest BCUT2D eigenvalue weighted by Crippen LogP contribution is 2.45. The molecule has 2 aromatic rings. The van der Waals surface area contributed by atoms with Crippen molar-refractivity contribution in [3.8, 4) is 17.2 Å². The normalized spacial score (nSPS) is 29.6. The van der Waals surface area contributed by atoms with Crippen LogP contribution in [0.4, 0.5) is 10.5 Å². The number of esters is 1. The molecule has 6 N–H and O–H groups in total. The SMILES string of the molecule is CO[C@H]1/C=C/O[C@@H](C)Oc2c(C)c(O)c3c(O)c(c4c(c3c2CO)=NC2(CCN(C(=O)OCC(C)C)CC2)N=4)NC(=O)/C(C)=C\C=C\[C@H](C)[C@H](O)[C@@H](C)[C@@H](O)[C@@H](C)[C@H](OC(C)=O)[C@@H]1C. The molecule has 17 heteroatoms. The van der Waals surface area contributed by atoms with Gasteiger partial charge in [0.25, 0.3) is 5.91 Å². The van der Waals surface area contributed by atoms with E-state index in [2.05, 4.69) is 5.32 Å². The van der Waals surface area contributed by atoms with Crippen molar-refractivity contribution >= 4 is 34.4 Å². The van der Waals surface area contributed by atoms with Crippen LogP contribution in [0.3, 0.4) is 0 Å². The number of rotatable bonds is 5. The van der Waals surface area contributed by atoms with Crippen molar-refractivity contribution in [3.05, 3.63) is 58.0 Å². The molecule has 1 saturated heterocycles. The summed E-state index contributed by atoms with van der Waals surface area (Å²) in [7, 11) is 1.48. The smallest absolute Gasteiger partial charge is 0.409 e. The second-order valence-electron chi connectivity index (χ2n) is 17.8. The molecule has 17 nitrogen and oxygen atoms in total. The van der Waals surface area contributed by atoms with Gasteiger partial charge < -0.3 is 59.4 Å². The summed E-state index contributed by atoms with van der Waals surface area (Å²) in [6, 6.07) is 0. The number of aliphatic hydroxyl groups excluding tert-OH is 3. The van der Waals surface area contributed by atoms with Crippen LogP contribution in [0.5, 0.6) is 17.2 Å². The molecule has 9 atom stereocenters. The Kier molecular flexibility index (Phi) is 16.1. The van der Waals surface area contributed by atoms with Crippen molar-refractivity contribution in [2.45, 2.75) is 125 Å². The van der Waals surface area contributed by atoms with Crippen molar-refractivity contribution in [1.29, 1.82) is 0 Å². The number of hydrogen-bond donors (Lipinski definition) is 6. The predicted molar refractivity (Wildman–Crippen MR) is 237 cm³/mol. The summed E-state index contributed by atoms with van der Waals surface area (Å²) >= 11 is 0. The van der Waals surface area contributed by atoms with E-state index in [4.69, 9.17) is 33.7 Å². The summed E-state index contributed by atoms with van der Waals surface area (Å²) in [6.45, 7) is 17.0. The molecular formula is C47H66N4O13. The molecule has 4 bridgehead atoms. The van der Waals surface area contributed by atoms with Crippen LogP contribution in [-0.4, -0.2) is 112 Å². The van der Waals surface area contributed by atoms with Gasteiger partial charge >= 0.3 is 12.1 Å². The average molecular weight is 895 g/mol. The van der Waals surface area contributed by atoms with Gasteiger partial charge in [-0.25, -0.2) is 4.79 Å². The van der Waals surface area contributed by atoms with Crippen LogP contribution in [-0.2, 0) is 35.1 Å². The lowest BCUT2D eigenvalue weighted by Gasteiger charge is -2.38. The number of likely N-dealkylation sites (tertiary alicyclic amines) is 1. The van der Waals surface area contributed by atoms with Gasteiger partial charge in [0, 0.05) is 92.6 Å². The molecule has 0 saturated carbocycles. The van der Waals surface area contributed by atoms with Gasteiger partial charge in [0.1, 0.15) is 28.6 Å². The fraction of sp³-hybridized carbons (Fsp3) is 0.596. The first-order chi connectivity index (χ1) is 30.2. The third-order valence-electron chi connectivity index (χ3n) is 12.6. The Morgan fingerprint density at radius 3 is 2.22 bits per heavy atom. The number of allylic oxidation sites excluding steroid dienone is 2. The lowest BCUT2D eigenvalue weighted by atomic mass is 9.78. The number of phenols is 2. The monoisotopic (exact) mass is 894 g/mol. The number of aromatic hydroxyl groups is 2. The van der Waals surface area contributed by atoms with E-state index in [0.29, 0.717) is 0 Å². The maximum Gasteiger partial charge on any atom is 0.409 e. The van der Waals surface area contributed by atoms with Crippen LogP contribution in [0.15, 0.2) is 46.1 Å². The molecule has 6 rings (SSSR count). The van der Waals surface area contributed by atoms with Crippen molar-refractivity contribution < 1.29 is 63.6 Å². The highest BCUT2D eigenvalue weighted by Gasteiger charge is 2.41. The van der Waals surface area contributed by atoms with Crippen LogP contribution < -0.4 is 20.8 Å². The van der Waals surface area contributed by atoms with Gasteiger partial charge in [0.2, 0.25) is 6.29 Å². The molecule has 0 aromatic heterocycles. The van der Waals surface area contributed by atoms with E-state index in [1.807, 2.05) is 13.8 Å². The highest BCUT2D eigenvalue weighted by atomic mass is 16.7. The molecule has 0 unspecified atom stereocenters. The number of nitrogens with one attached hydrogen (secondary N) is 1. The molecule has 2 amide bonds. The molecule has 352 valence electrons. The van der Waals surface area contributed by atoms with Gasteiger partial charge in [-0.05, 0) is 25.8 Å². The van der Waals surface area contributed by atoms with E-state index in [9.17, 15) is 39.9 Å². The minimum absolute atomic E-state index is 0.0571. The van der Waals surface area contributed by atoms with Crippen molar-refractivity contribution in [3.63, 3.8) is 0 Å². The maximum absolute atomic E-state index is 13.9. The number of ether oxygens (including phenoxy) is 5. The zero-order valence-electron chi connectivity index (χ0n) is 38.7. The minimum atomic E-state index is -1.13. The first-order valence-corrected chi connectivity index (χ1v) is 21.9. The van der Waals surface area contributed by atoms with Crippen LogP contribution in [0.25, 0.3) is 10.8 Å². The quantitative estimate of drug-likeness (QED) is 0.175. The van der Waals surface area contributed by atoms with E-state index in [-0.39, 0.29) is 88.1 Å². The summed E-state index contributed by atoms with van der Waals surface area (Å²) in [5.74, 6) is -4.22. The Morgan fingerprint density at radius 2 is 1.61 bits per heavy atom.